The van der Waals surface area contributed by atoms with E-state index in [-0.39, 0.29) is 6.04 Å². The van der Waals surface area contributed by atoms with Gasteiger partial charge in [0.1, 0.15) is 11.5 Å². The Balaban J connectivity index is 1.90. The maximum Gasteiger partial charge on any atom is 0.142 e. The molecule has 0 bridgehead atoms. The normalized spacial score (nSPS) is 16.4. The van der Waals surface area contributed by atoms with Crippen molar-refractivity contribution in [2.75, 3.05) is 19.5 Å². The average Bonchev–Trinajstić information content (AvgIpc) is 2.90. The number of hydrogen-bond donors (Lipinski definition) is 1. The van der Waals surface area contributed by atoms with Crippen LogP contribution in [0.3, 0.4) is 0 Å². The van der Waals surface area contributed by atoms with Crippen LogP contribution in [0.25, 0.3) is 0 Å². The molecule has 3 nitrogen and oxygen atoms in total. The Kier molecular flexibility index (Phi) is 3.93. The van der Waals surface area contributed by atoms with Crippen molar-refractivity contribution in [1.82, 2.24) is 0 Å². The fourth-order valence-corrected chi connectivity index (χ4v) is 3.01. The van der Waals surface area contributed by atoms with Crippen molar-refractivity contribution in [3.05, 3.63) is 52.5 Å². The van der Waals surface area contributed by atoms with Gasteiger partial charge < -0.3 is 14.8 Å². The van der Waals surface area contributed by atoms with Crippen LogP contribution in [0.15, 0.2) is 36.4 Å². The number of ether oxygens (including phenoxy) is 2. The highest BCUT2D eigenvalue weighted by Gasteiger charge is 2.23. The maximum absolute atomic E-state index is 6.09. The van der Waals surface area contributed by atoms with E-state index in [4.69, 9.17) is 21.1 Å². The Hall–Kier alpha value is -1.87. The van der Waals surface area contributed by atoms with Crippen LogP contribution in [0.5, 0.6) is 11.5 Å². The van der Waals surface area contributed by atoms with Crippen LogP contribution in [0, 0.1) is 0 Å². The summed E-state index contributed by atoms with van der Waals surface area (Å²) in [5.74, 6) is 1.69. The van der Waals surface area contributed by atoms with Gasteiger partial charge >= 0.3 is 0 Å². The lowest BCUT2D eigenvalue weighted by molar-refractivity contribution is 0.414. The highest BCUT2D eigenvalue weighted by atomic mass is 35.5. The van der Waals surface area contributed by atoms with E-state index in [9.17, 15) is 0 Å². The number of halogens is 1. The average molecular weight is 304 g/mol. The van der Waals surface area contributed by atoms with Gasteiger partial charge in [-0.25, -0.2) is 0 Å². The molecule has 0 aliphatic heterocycles. The largest absolute Gasteiger partial charge is 0.497 e. The second kappa shape index (κ2) is 5.86. The van der Waals surface area contributed by atoms with Crippen LogP contribution in [0.4, 0.5) is 5.69 Å². The van der Waals surface area contributed by atoms with Gasteiger partial charge in [-0.3, -0.25) is 0 Å². The molecule has 1 atom stereocenters. The third-order valence-corrected chi connectivity index (χ3v) is 4.16. The minimum Gasteiger partial charge on any atom is -0.497 e. The van der Waals surface area contributed by atoms with Crippen LogP contribution in [0.1, 0.15) is 23.6 Å². The summed E-state index contributed by atoms with van der Waals surface area (Å²) in [6.07, 6.45) is 2.12. The van der Waals surface area contributed by atoms with Gasteiger partial charge in [-0.05, 0) is 54.3 Å². The molecule has 1 aliphatic carbocycles. The number of methoxy groups -OCH3 is 2. The molecule has 110 valence electrons. The van der Waals surface area contributed by atoms with E-state index in [0.29, 0.717) is 5.02 Å². The zero-order chi connectivity index (χ0) is 14.8. The van der Waals surface area contributed by atoms with Gasteiger partial charge in [-0.1, -0.05) is 17.7 Å². The Morgan fingerprint density at radius 2 is 1.95 bits per heavy atom. The van der Waals surface area contributed by atoms with E-state index in [0.717, 1.165) is 30.0 Å². The van der Waals surface area contributed by atoms with Crippen molar-refractivity contribution >= 4 is 17.3 Å². The second-order valence-corrected chi connectivity index (χ2v) is 5.58. The molecule has 0 amide bonds. The first kappa shape index (κ1) is 14.1. The summed E-state index contributed by atoms with van der Waals surface area (Å²) in [5, 5.41) is 4.24. The van der Waals surface area contributed by atoms with Crippen molar-refractivity contribution in [2.45, 2.75) is 18.9 Å². The van der Waals surface area contributed by atoms with Crippen molar-refractivity contribution in [3.8, 4) is 11.5 Å². The van der Waals surface area contributed by atoms with E-state index in [2.05, 4.69) is 17.4 Å². The zero-order valence-electron chi connectivity index (χ0n) is 12.2. The second-order valence-electron chi connectivity index (χ2n) is 5.14. The molecule has 0 heterocycles. The van der Waals surface area contributed by atoms with E-state index >= 15 is 0 Å². The van der Waals surface area contributed by atoms with Gasteiger partial charge in [0.2, 0.25) is 0 Å². The number of anilines is 1. The molecule has 1 N–H and O–H groups in total. The predicted molar refractivity (Wildman–Crippen MR) is 85.7 cm³/mol. The molecule has 0 spiro atoms. The molecule has 4 heteroatoms. The summed E-state index contributed by atoms with van der Waals surface area (Å²) < 4.78 is 10.7. The van der Waals surface area contributed by atoms with Gasteiger partial charge in [0.05, 0.1) is 25.9 Å². The highest BCUT2D eigenvalue weighted by Crippen LogP contribution is 2.38. The molecule has 0 aromatic heterocycles. The summed E-state index contributed by atoms with van der Waals surface area (Å²) in [4.78, 5) is 0. The van der Waals surface area contributed by atoms with Crippen molar-refractivity contribution in [3.63, 3.8) is 0 Å². The first-order chi connectivity index (χ1) is 10.2. The molecule has 0 radical (unpaired) electrons. The number of aryl methyl sites for hydroxylation is 1. The molecule has 1 aliphatic rings. The minimum absolute atomic E-state index is 0.252. The lowest BCUT2D eigenvalue weighted by atomic mass is 10.1. The van der Waals surface area contributed by atoms with Gasteiger partial charge in [0, 0.05) is 5.02 Å². The minimum atomic E-state index is 0.252. The molecule has 2 aromatic carbocycles. The predicted octanol–water partition coefficient (Wildman–Crippen LogP) is 4.46. The third-order valence-electron chi connectivity index (χ3n) is 3.92. The van der Waals surface area contributed by atoms with Crippen molar-refractivity contribution in [2.24, 2.45) is 0 Å². The number of benzene rings is 2. The number of rotatable bonds is 4. The maximum atomic E-state index is 6.09. The molecule has 0 fully saturated rings. The monoisotopic (exact) mass is 303 g/mol. The summed E-state index contributed by atoms with van der Waals surface area (Å²) in [6.45, 7) is 0. The van der Waals surface area contributed by atoms with Crippen molar-refractivity contribution < 1.29 is 9.47 Å². The Morgan fingerprint density at radius 1 is 1.10 bits per heavy atom. The Bertz CT molecular complexity index is 657. The van der Waals surface area contributed by atoms with Crippen LogP contribution in [0.2, 0.25) is 5.02 Å². The van der Waals surface area contributed by atoms with Gasteiger partial charge in [-0.2, -0.15) is 0 Å². The molecular formula is C17H18ClNO2. The summed E-state index contributed by atoms with van der Waals surface area (Å²) >= 11 is 6.09. The van der Waals surface area contributed by atoms with Crippen molar-refractivity contribution in [1.29, 1.82) is 0 Å². The summed E-state index contributed by atoms with van der Waals surface area (Å²) in [7, 11) is 3.36. The topological polar surface area (TPSA) is 30.5 Å². The smallest absolute Gasteiger partial charge is 0.142 e. The molecular weight excluding hydrogens is 286 g/mol. The van der Waals surface area contributed by atoms with Crippen LogP contribution in [-0.4, -0.2) is 14.2 Å². The summed E-state index contributed by atoms with van der Waals surface area (Å²) in [5.41, 5.74) is 3.58. The van der Waals surface area contributed by atoms with Gasteiger partial charge in [0.15, 0.2) is 0 Å². The number of nitrogens with one attached hydrogen (secondary N) is 1. The van der Waals surface area contributed by atoms with E-state index in [1.165, 1.54) is 11.1 Å². The molecule has 3 rings (SSSR count). The first-order valence-corrected chi connectivity index (χ1v) is 7.36. The van der Waals surface area contributed by atoms with Gasteiger partial charge in [-0.15, -0.1) is 0 Å². The van der Waals surface area contributed by atoms with Crippen LogP contribution < -0.4 is 14.8 Å². The van der Waals surface area contributed by atoms with Crippen LogP contribution in [-0.2, 0) is 6.42 Å². The number of hydrogen-bond acceptors (Lipinski definition) is 3. The Labute approximate surface area is 129 Å². The molecule has 2 aromatic rings. The van der Waals surface area contributed by atoms with E-state index in [1.54, 1.807) is 14.2 Å². The molecule has 0 saturated carbocycles. The SMILES string of the molecule is COc1ccc2c(c1)C(Nc1cc(Cl)ccc1OC)CC2. The standard InChI is InChI=1S/C17H18ClNO2/c1-20-13-6-3-11-4-7-15(14(11)10-13)19-16-9-12(18)5-8-17(16)21-2/h3,5-6,8-10,15,19H,4,7H2,1-2H3. The molecule has 0 saturated heterocycles. The lowest BCUT2D eigenvalue weighted by Crippen LogP contribution is -2.08. The molecule has 1 unspecified atom stereocenters. The fourth-order valence-electron chi connectivity index (χ4n) is 2.84. The number of fused-ring (bicyclic) bond motifs is 1. The van der Waals surface area contributed by atoms with E-state index in [1.807, 2.05) is 24.3 Å². The quantitative estimate of drug-likeness (QED) is 0.905. The van der Waals surface area contributed by atoms with Gasteiger partial charge in [0.25, 0.3) is 0 Å². The lowest BCUT2D eigenvalue weighted by Gasteiger charge is -2.18. The van der Waals surface area contributed by atoms with Crippen LogP contribution >= 0.6 is 11.6 Å². The van der Waals surface area contributed by atoms with E-state index < -0.39 is 0 Å². The zero-order valence-corrected chi connectivity index (χ0v) is 12.9. The molecule has 21 heavy (non-hydrogen) atoms. The Morgan fingerprint density at radius 3 is 2.71 bits per heavy atom. The fraction of sp³-hybridized carbons (Fsp3) is 0.294. The first-order valence-electron chi connectivity index (χ1n) is 6.98. The summed E-state index contributed by atoms with van der Waals surface area (Å²) in [6, 6.07) is 12.1. The highest BCUT2D eigenvalue weighted by molar-refractivity contribution is 6.30. The third kappa shape index (κ3) is 2.79.